The van der Waals surface area contributed by atoms with Crippen LogP contribution >= 0.6 is 0 Å². The van der Waals surface area contributed by atoms with Gasteiger partial charge in [-0.15, -0.1) is 0 Å². The second-order valence-corrected chi connectivity index (χ2v) is 4.11. The number of rotatable bonds is 1. The van der Waals surface area contributed by atoms with Crippen molar-refractivity contribution in [2.75, 3.05) is 6.61 Å². The Bertz CT molecular complexity index is 380. The number of benzene rings is 1. The predicted molar refractivity (Wildman–Crippen MR) is 57.7 cm³/mol. The quantitative estimate of drug-likeness (QED) is 0.665. The Morgan fingerprint density at radius 2 is 2.00 bits per heavy atom. The zero-order valence-electron chi connectivity index (χ0n) is 8.87. The molecule has 14 heavy (non-hydrogen) atoms. The average Bonchev–Trinajstić information content (AvgIpc) is 2.47. The van der Waals surface area contributed by atoms with E-state index in [-0.39, 0.29) is 5.72 Å². The molecule has 1 aliphatic heterocycles. The largest absolute Gasteiger partial charge is 0.348 e. The molecule has 0 N–H and O–H groups in total. The van der Waals surface area contributed by atoms with E-state index in [1.165, 1.54) is 11.1 Å². The maximum absolute atomic E-state index is 5.56. The normalized spacial score (nSPS) is 19.5. The lowest BCUT2D eigenvalue weighted by atomic mass is 10.1. The van der Waals surface area contributed by atoms with E-state index in [4.69, 9.17) is 4.74 Å². The van der Waals surface area contributed by atoms with Crippen LogP contribution in [0.4, 0.5) is 0 Å². The van der Waals surface area contributed by atoms with Gasteiger partial charge in [0.25, 0.3) is 0 Å². The van der Waals surface area contributed by atoms with Crippen LogP contribution in [0.25, 0.3) is 0 Å². The van der Waals surface area contributed by atoms with Gasteiger partial charge >= 0.3 is 0 Å². The standard InChI is InChI=1S/C12H15NO/c1-9-6-4-5-7-10(9)11-8-14-12(2,3)13-11/h4-7H,8H2,1-3H3. The second-order valence-electron chi connectivity index (χ2n) is 4.11. The first kappa shape index (κ1) is 9.41. The zero-order chi connectivity index (χ0) is 10.2. The van der Waals surface area contributed by atoms with Crippen LogP contribution in [0.1, 0.15) is 25.0 Å². The van der Waals surface area contributed by atoms with Crippen LogP contribution < -0.4 is 0 Å². The van der Waals surface area contributed by atoms with Gasteiger partial charge in [-0.3, -0.25) is 4.99 Å². The number of aliphatic imine (C=N–C) groups is 1. The first-order chi connectivity index (χ1) is 6.58. The van der Waals surface area contributed by atoms with Crippen molar-refractivity contribution in [1.82, 2.24) is 0 Å². The van der Waals surface area contributed by atoms with Gasteiger partial charge in [-0.05, 0) is 26.3 Å². The molecule has 0 radical (unpaired) electrons. The van der Waals surface area contributed by atoms with E-state index in [2.05, 4.69) is 24.0 Å². The van der Waals surface area contributed by atoms with Crippen molar-refractivity contribution in [1.29, 1.82) is 0 Å². The summed E-state index contributed by atoms with van der Waals surface area (Å²) in [6.45, 7) is 6.69. The van der Waals surface area contributed by atoms with E-state index < -0.39 is 0 Å². The van der Waals surface area contributed by atoms with Gasteiger partial charge in [0.05, 0.1) is 12.3 Å². The van der Waals surface area contributed by atoms with Crippen LogP contribution in [-0.2, 0) is 4.74 Å². The van der Waals surface area contributed by atoms with E-state index in [1.54, 1.807) is 0 Å². The van der Waals surface area contributed by atoms with Gasteiger partial charge in [-0.2, -0.15) is 0 Å². The van der Waals surface area contributed by atoms with Crippen LogP contribution in [0.5, 0.6) is 0 Å². The summed E-state index contributed by atoms with van der Waals surface area (Å²) in [7, 11) is 0. The van der Waals surface area contributed by atoms with Gasteiger partial charge in [-0.25, -0.2) is 0 Å². The number of hydrogen-bond acceptors (Lipinski definition) is 2. The SMILES string of the molecule is Cc1ccccc1C1=NC(C)(C)OC1. The van der Waals surface area contributed by atoms with Crippen LogP contribution in [0, 0.1) is 6.92 Å². The molecule has 0 atom stereocenters. The summed E-state index contributed by atoms with van der Waals surface area (Å²) in [6, 6.07) is 8.28. The monoisotopic (exact) mass is 189 g/mol. The fourth-order valence-corrected chi connectivity index (χ4v) is 1.67. The molecular formula is C12H15NO. The van der Waals surface area contributed by atoms with Crippen molar-refractivity contribution < 1.29 is 4.74 Å². The van der Waals surface area contributed by atoms with E-state index in [0.717, 1.165) is 5.71 Å². The van der Waals surface area contributed by atoms with Crippen LogP contribution in [0.3, 0.4) is 0 Å². The molecule has 0 unspecified atom stereocenters. The predicted octanol–water partition coefficient (Wildman–Crippen LogP) is 2.55. The molecule has 0 saturated carbocycles. The summed E-state index contributed by atoms with van der Waals surface area (Å²) in [6.07, 6.45) is 0. The Morgan fingerprint density at radius 3 is 2.57 bits per heavy atom. The molecule has 0 aliphatic carbocycles. The third-order valence-electron chi connectivity index (χ3n) is 2.42. The second kappa shape index (κ2) is 3.21. The molecular weight excluding hydrogens is 174 g/mol. The maximum Gasteiger partial charge on any atom is 0.154 e. The lowest BCUT2D eigenvalue weighted by Crippen LogP contribution is -2.15. The highest BCUT2D eigenvalue weighted by molar-refractivity contribution is 6.03. The molecule has 1 aromatic carbocycles. The fourth-order valence-electron chi connectivity index (χ4n) is 1.67. The van der Waals surface area contributed by atoms with Crippen molar-refractivity contribution in [3.8, 4) is 0 Å². The third kappa shape index (κ3) is 1.70. The minimum absolute atomic E-state index is 0.350. The highest BCUT2D eigenvalue weighted by Crippen LogP contribution is 2.22. The fraction of sp³-hybridized carbons (Fsp3) is 0.417. The van der Waals surface area contributed by atoms with Gasteiger partial charge in [0.1, 0.15) is 0 Å². The van der Waals surface area contributed by atoms with Crippen molar-refractivity contribution >= 4 is 5.71 Å². The summed E-state index contributed by atoms with van der Waals surface area (Å²) >= 11 is 0. The highest BCUT2D eigenvalue weighted by Gasteiger charge is 2.26. The van der Waals surface area contributed by atoms with Crippen molar-refractivity contribution in [3.05, 3.63) is 35.4 Å². The molecule has 0 amide bonds. The summed E-state index contributed by atoms with van der Waals surface area (Å²) in [5, 5.41) is 0. The molecule has 0 bridgehead atoms. The van der Waals surface area contributed by atoms with Gasteiger partial charge in [0, 0.05) is 5.56 Å². The van der Waals surface area contributed by atoms with Gasteiger partial charge in [0.2, 0.25) is 0 Å². The molecule has 1 aliphatic rings. The van der Waals surface area contributed by atoms with Crippen LogP contribution in [0.15, 0.2) is 29.3 Å². The minimum Gasteiger partial charge on any atom is -0.348 e. The minimum atomic E-state index is -0.350. The molecule has 0 fully saturated rings. The van der Waals surface area contributed by atoms with E-state index in [0.29, 0.717) is 6.61 Å². The molecule has 1 heterocycles. The van der Waals surface area contributed by atoms with Crippen molar-refractivity contribution in [2.24, 2.45) is 4.99 Å². The average molecular weight is 189 g/mol. The van der Waals surface area contributed by atoms with Crippen LogP contribution in [0.2, 0.25) is 0 Å². The number of ether oxygens (including phenoxy) is 1. The van der Waals surface area contributed by atoms with E-state index >= 15 is 0 Å². The summed E-state index contributed by atoms with van der Waals surface area (Å²) in [5.41, 5.74) is 3.18. The molecule has 2 heteroatoms. The molecule has 1 aromatic rings. The van der Waals surface area contributed by atoms with E-state index in [9.17, 15) is 0 Å². The molecule has 74 valence electrons. The Kier molecular flexibility index (Phi) is 2.16. The van der Waals surface area contributed by atoms with Crippen LogP contribution in [-0.4, -0.2) is 18.0 Å². The third-order valence-corrected chi connectivity index (χ3v) is 2.42. The van der Waals surface area contributed by atoms with Crippen molar-refractivity contribution in [2.45, 2.75) is 26.5 Å². The Balaban J connectivity index is 2.38. The lowest BCUT2D eigenvalue weighted by Gasteiger charge is -2.11. The molecule has 0 saturated heterocycles. The number of aryl methyl sites for hydroxylation is 1. The van der Waals surface area contributed by atoms with Crippen molar-refractivity contribution in [3.63, 3.8) is 0 Å². The molecule has 2 nitrogen and oxygen atoms in total. The Labute approximate surface area is 84.6 Å². The van der Waals surface area contributed by atoms with E-state index in [1.807, 2.05) is 26.0 Å². The number of nitrogens with zero attached hydrogens (tertiary/aromatic N) is 1. The highest BCUT2D eigenvalue weighted by atomic mass is 16.5. The zero-order valence-corrected chi connectivity index (χ0v) is 8.87. The lowest BCUT2D eigenvalue weighted by molar-refractivity contribution is 0.0327. The van der Waals surface area contributed by atoms with Gasteiger partial charge in [-0.1, -0.05) is 24.3 Å². The summed E-state index contributed by atoms with van der Waals surface area (Å²) in [5.74, 6) is 0. The van der Waals surface area contributed by atoms with Gasteiger partial charge in [0.15, 0.2) is 5.72 Å². The first-order valence-corrected chi connectivity index (χ1v) is 4.87. The topological polar surface area (TPSA) is 21.6 Å². The first-order valence-electron chi connectivity index (χ1n) is 4.87. The molecule has 2 rings (SSSR count). The Hall–Kier alpha value is -1.15. The maximum atomic E-state index is 5.56. The number of hydrogen-bond donors (Lipinski definition) is 0. The molecule has 0 aromatic heterocycles. The smallest absolute Gasteiger partial charge is 0.154 e. The molecule has 0 spiro atoms. The summed E-state index contributed by atoms with van der Waals surface area (Å²) in [4.78, 5) is 4.55. The Morgan fingerprint density at radius 1 is 1.29 bits per heavy atom. The van der Waals surface area contributed by atoms with Gasteiger partial charge < -0.3 is 4.74 Å². The summed E-state index contributed by atoms with van der Waals surface area (Å²) < 4.78 is 5.56.